The fraction of sp³-hybridized carbons (Fsp3) is 0.368. The van der Waals surface area contributed by atoms with Crippen molar-refractivity contribution in [2.45, 2.75) is 6.54 Å². The number of morpholine rings is 1. The Morgan fingerprint density at radius 2 is 1.92 bits per heavy atom. The van der Waals surface area contributed by atoms with Gasteiger partial charge in [-0.25, -0.2) is 9.78 Å². The summed E-state index contributed by atoms with van der Waals surface area (Å²) in [6.45, 7) is 4.30. The van der Waals surface area contributed by atoms with Gasteiger partial charge in [0.2, 0.25) is 0 Å². The summed E-state index contributed by atoms with van der Waals surface area (Å²) in [5.41, 5.74) is 0.991. The Kier molecular flexibility index (Phi) is 6.66. The predicted molar refractivity (Wildman–Crippen MR) is 99.4 cm³/mol. The zero-order chi connectivity index (χ0) is 18.0. The van der Waals surface area contributed by atoms with E-state index in [1.54, 1.807) is 6.20 Å². The molecule has 0 spiro atoms. The van der Waals surface area contributed by atoms with Crippen LogP contribution >= 0.6 is 0 Å². The van der Waals surface area contributed by atoms with E-state index in [9.17, 15) is 4.79 Å². The molecule has 0 bridgehead atoms. The first-order valence-corrected chi connectivity index (χ1v) is 8.79. The summed E-state index contributed by atoms with van der Waals surface area (Å²) in [5.74, 6) is 1.70. The summed E-state index contributed by atoms with van der Waals surface area (Å²) in [5, 5.41) is 5.67. The van der Waals surface area contributed by atoms with Crippen LogP contribution in [-0.4, -0.2) is 50.5 Å². The average molecular weight is 356 g/mol. The van der Waals surface area contributed by atoms with Crippen molar-refractivity contribution < 1.29 is 14.3 Å². The number of nitrogens with one attached hydrogen (secondary N) is 2. The molecule has 0 atom stereocenters. The van der Waals surface area contributed by atoms with Crippen molar-refractivity contribution in [2.24, 2.45) is 0 Å². The molecule has 1 aromatic carbocycles. The first-order chi connectivity index (χ1) is 12.8. The number of ether oxygens (including phenoxy) is 2. The molecule has 3 rings (SSSR count). The normalized spacial score (nSPS) is 13.9. The minimum Gasteiger partial charge on any atom is -0.492 e. The molecular weight excluding hydrogens is 332 g/mol. The van der Waals surface area contributed by atoms with Gasteiger partial charge in [-0.2, -0.15) is 0 Å². The molecule has 0 unspecified atom stereocenters. The Balaban J connectivity index is 1.41. The lowest BCUT2D eigenvalue weighted by Gasteiger charge is -2.29. The fourth-order valence-electron chi connectivity index (χ4n) is 2.72. The van der Waals surface area contributed by atoms with E-state index in [-0.39, 0.29) is 6.03 Å². The van der Waals surface area contributed by atoms with E-state index < -0.39 is 0 Å². The van der Waals surface area contributed by atoms with Gasteiger partial charge in [0.1, 0.15) is 18.2 Å². The SMILES string of the molecule is O=C(NCCOc1ccccc1)NCc1cccnc1N1CCOCC1. The van der Waals surface area contributed by atoms with Crippen LogP contribution in [0.15, 0.2) is 48.7 Å². The van der Waals surface area contributed by atoms with Crippen LogP contribution in [-0.2, 0) is 11.3 Å². The molecule has 1 aliphatic rings. The highest BCUT2D eigenvalue weighted by Crippen LogP contribution is 2.18. The van der Waals surface area contributed by atoms with Gasteiger partial charge in [-0.15, -0.1) is 0 Å². The van der Waals surface area contributed by atoms with Crippen molar-refractivity contribution in [3.8, 4) is 5.75 Å². The van der Waals surface area contributed by atoms with Gasteiger partial charge in [0.25, 0.3) is 0 Å². The highest BCUT2D eigenvalue weighted by atomic mass is 16.5. The summed E-state index contributed by atoms with van der Waals surface area (Å²) in [7, 11) is 0. The first-order valence-electron chi connectivity index (χ1n) is 8.79. The molecule has 0 saturated carbocycles. The molecule has 0 aliphatic carbocycles. The lowest BCUT2D eigenvalue weighted by atomic mass is 10.2. The number of pyridine rings is 1. The number of hydrogen-bond donors (Lipinski definition) is 2. The van der Waals surface area contributed by atoms with E-state index >= 15 is 0 Å². The van der Waals surface area contributed by atoms with Crippen molar-refractivity contribution in [1.29, 1.82) is 0 Å². The van der Waals surface area contributed by atoms with Crippen LogP contribution in [0.4, 0.5) is 10.6 Å². The zero-order valence-electron chi connectivity index (χ0n) is 14.7. The van der Waals surface area contributed by atoms with Gasteiger partial charge in [-0.1, -0.05) is 24.3 Å². The predicted octanol–water partition coefficient (Wildman–Crippen LogP) is 1.80. The Hall–Kier alpha value is -2.80. The lowest BCUT2D eigenvalue weighted by Crippen LogP contribution is -2.39. The maximum atomic E-state index is 12.0. The van der Waals surface area contributed by atoms with E-state index in [1.165, 1.54) is 0 Å². The molecule has 1 fully saturated rings. The van der Waals surface area contributed by atoms with Crippen LogP contribution in [0.5, 0.6) is 5.75 Å². The van der Waals surface area contributed by atoms with Crippen molar-refractivity contribution >= 4 is 11.8 Å². The van der Waals surface area contributed by atoms with Crippen LogP contribution in [0.2, 0.25) is 0 Å². The molecule has 2 N–H and O–H groups in total. The van der Waals surface area contributed by atoms with Crippen molar-refractivity contribution in [1.82, 2.24) is 15.6 Å². The monoisotopic (exact) mass is 356 g/mol. The molecule has 7 nitrogen and oxygen atoms in total. The Morgan fingerprint density at radius 1 is 1.12 bits per heavy atom. The first kappa shape index (κ1) is 18.0. The number of aromatic nitrogens is 1. The molecule has 2 aromatic rings. The quantitative estimate of drug-likeness (QED) is 0.740. The average Bonchev–Trinajstić information content (AvgIpc) is 2.71. The Morgan fingerprint density at radius 3 is 2.73 bits per heavy atom. The van der Waals surface area contributed by atoms with Crippen LogP contribution < -0.4 is 20.3 Å². The summed E-state index contributed by atoms with van der Waals surface area (Å²) >= 11 is 0. The number of carbonyl (C=O) groups excluding carboxylic acids is 1. The highest BCUT2D eigenvalue weighted by molar-refractivity contribution is 5.74. The second-order valence-corrected chi connectivity index (χ2v) is 5.86. The van der Waals surface area contributed by atoms with Gasteiger partial charge in [0.15, 0.2) is 0 Å². The third-order valence-electron chi connectivity index (χ3n) is 4.02. The number of urea groups is 1. The Bertz CT molecular complexity index is 690. The molecule has 2 amide bonds. The summed E-state index contributed by atoms with van der Waals surface area (Å²) in [6.07, 6.45) is 1.77. The van der Waals surface area contributed by atoms with Gasteiger partial charge in [-0.05, 0) is 18.2 Å². The van der Waals surface area contributed by atoms with Gasteiger partial charge >= 0.3 is 6.03 Å². The molecule has 138 valence electrons. The van der Waals surface area contributed by atoms with Crippen LogP contribution in [0.1, 0.15) is 5.56 Å². The van der Waals surface area contributed by atoms with Gasteiger partial charge in [0.05, 0.1) is 19.8 Å². The second kappa shape index (κ2) is 9.62. The van der Waals surface area contributed by atoms with Crippen LogP contribution in [0.25, 0.3) is 0 Å². The van der Waals surface area contributed by atoms with Gasteiger partial charge in [-0.3, -0.25) is 0 Å². The van der Waals surface area contributed by atoms with Crippen LogP contribution in [0.3, 0.4) is 0 Å². The topological polar surface area (TPSA) is 75.7 Å². The number of para-hydroxylation sites is 1. The molecule has 0 radical (unpaired) electrons. The largest absolute Gasteiger partial charge is 0.492 e. The van der Waals surface area contributed by atoms with Crippen molar-refractivity contribution in [2.75, 3.05) is 44.4 Å². The lowest BCUT2D eigenvalue weighted by molar-refractivity contribution is 0.122. The number of rotatable bonds is 7. The van der Waals surface area contributed by atoms with Crippen LogP contribution in [0, 0.1) is 0 Å². The van der Waals surface area contributed by atoms with E-state index in [1.807, 2.05) is 42.5 Å². The van der Waals surface area contributed by atoms with E-state index in [2.05, 4.69) is 20.5 Å². The smallest absolute Gasteiger partial charge is 0.315 e. The fourth-order valence-corrected chi connectivity index (χ4v) is 2.72. The second-order valence-electron chi connectivity index (χ2n) is 5.86. The van der Waals surface area contributed by atoms with Gasteiger partial charge in [0, 0.05) is 31.4 Å². The Labute approximate surface area is 153 Å². The number of anilines is 1. The maximum absolute atomic E-state index is 12.0. The minimum atomic E-state index is -0.224. The number of amides is 2. The zero-order valence-corrected chi connectivity index (χ0v) is 14.7. The summed E-state index contributed by atoms with van der Waals surface area (Å²) in [6, 6.07) is 13.2. The molecular formula is C19H24N4O3. The molecule has 7 heteroatoms. The van der Waals surface area contributed by atoms with Gasteiger partial charge < -0.3 is 25.0 Å². The van der Waals surface area contributed by atoms with E-state index in [0.29, 0.717) is 32.9 Å². The summed E-state index contributed by atoms with van der Waals surface area (Å²) in [4.78, 5) is 18.6. The van der Waals surface area contributed by atoms with Crippen molar-refractivity contribution in [3.63, 3.8) is 0 Å². The molecule has 1 aliphatic heterocycles. The van der Waals surface area contributed by atoms with Crippen molar-refractivity contribution in [3.05, 3.63) is 54.2 Å². The maximum Gasteiger partial charge on any atom is 0.315 e. The van der Waals surface area contributed by atoms with E-state index in [4.69, 9.17) is 9.47 Å². The molecule has 2 heterocycles. The highest BCUT2D eigenvalue weighted by Gasteiger charge is 2.16. The molecule has 1 aromatic heterocycles. The molecule has 1 saturated heterocycles. The number of nitrogens with zero attached hydrogens (tertiary/aromatic N) is 2. The third-order valence-corrected chi connectivity index (χ3v) is 4.02. The number of carbonyl (C=O) groups is 1. The number of benzene rings is 1. The molecule has 26 heavy (non-hydrogen) atoms. The number of hydrogen-bond acceptors (Lipinski definition) is 5. The third kappa shape index (κ3) is 5.35. The standard InChI is InChI=1S/C19H24N4O3/c24-19(21-9-12-26-17-6-2-1-3-7-17)22-15-16-5-4-8-20-18(16)23-10-13-25-14-11-23/h1-8H,9-15H2,(H2,21,22,24). The minimum absolute atomic E-state index is 0.224. The van der Waals surface area contributed by atoms with E-state index in [0.717, 1.165) is 30.2 Å². The summed E-state index contributed by atoms with van der Waals surface area (Å²) < 4.78 is 10.9.